The molecule has 11 heteroatoms. The van der Waals surface area contributed by atoms with Gasteiger partial charge < -0.3 is 10.6 Å². The molecular formula is C18H15BrF3N5OS. The van der Waals surface area contributed by atoms with Gasteiger partial charge in [0.2, 0.25) is 0 Å². The predicted molar refractivity (Wildman–Crippen MR) is 106 cm³/mol. The normalized spacial score (nSPS) is 18.8. The lowest BCUT2D eigenvalue weighted by atomic mass is 10.0. The van der Waals surface area contributed by atoms with Crippen molar-refractivity contribution >= 4 is 39.0 Å². The van der Waals surface area contributed by atoms with E-state index >= 15 is 0 Å². The van der Waals surface area contributed by atoms with Crippen LogP contribution in [0.15, 0.2) is 46.5 Å². The number of aromatic nitrogens is 3. The van der Waals surface area contributed by atoms with E-state index in [1.54, 1.807) is 36.7 Å². The molecule has 2 N–H and O–H groups in total. The summed E-state index contributed by atoms with van der Waals surface area (Å²) in [5.41, 5.74) is 0.669. The van der Waals surface area contributed by atoms with Crippen LogP contribution in [0, 0.1) is 0 Å². The first-order valence-electron chi connectivity index (χ1n) is 8.66. The van der Waals surface area contributed by atoms with Crippen molar-refractivity contribution in [3.63, 3.8) is 0 Å². The monoisotopic (exact) mass is 485 g/mol. The van der Waals surface area contributed by atoms with Gasteiger partial charge in [0.05, 0.1) is 10.5 Å². The fraction of sp³-hybridized carbons (Fsp3) is 0.278. The predicted octanol–water partition coefficient (Wildman–Crippen LogP) is 4.69. The van der Waals surface area contributed by atoms with E-state index in [-0.39, 0.29) is 29.0 Å². The van der Waals surface area contributed by atoms with Gasteiger partial charge >= 0.3 is 6.18 Å². The number of rotatable bonds is 4. The summed E-state index contributed by atoms with van der Waals surface area (Å²) in [6.07, 6.45) is -1.50. The highest BCUT2D eigenvalue weighted by Crippen LogP contribution is 2.46. The van der Waals surface area contributed by atoms with Crippen LogP contribution in [0.2, 0.25) is 0 Å². The van der Waals surface area contributed by atoms with Crippen molar-refractivity contribution < 1.29 is 18.0 Å². The summed E-state index contributed by atoms with van der Waals surface area (Å²) < 4.78 is 42.3. The van der Waals surface area contributed by atoms with Crippen LogP contribution in [-0.2, 0) is 6.54 Å². The van der Waals surface area contributed by atoms with E-state index in [0.717, 1.165) is 15.1 Å². The molecular weight excluding hydrogens is 471 g/mol. The number of anilines is 1. The second-order valence-electron chi connectivity index (χ2n) is 6.51. The highest BCUT2D eigenvalue weighted by atomic mass is 79.9. The highest BCUT2D eigenvalue weighted by Gasteiger charge is 2.47. The van der Waals surface area contributed by atoms with E-state index in [0.29, 0.717) is 0 Å². The zero-order valence-corrected chi connectivity index (χ0v) is 17.2. The minimum atomic E-state index is -4.50. The number of fused-ring (bicyclic) bond motifs is 1. The Kier molecular flexibility index (Phi) is 5.34. The molecule has 3 aromatic heterocycles. The third kappa shape index (κ3) is 4.01. The first kappa shape index (κ1) is 19.9. The second kappa shape index (κ2) is 7.79. The van der Waals surface area contributed by atoms with Crippen LogP contribution in [0.4, 0.5) is 19.0 Å². The fourth-order valence-corrected chi connectivity index (χ4v) is 4.53. The van der Waals surface area contributed by atoms with Gasteiger partial charge in [0.1, 0.15) is 5.82 Å². The van der Waals surface area contributed by atoms with E-state index < -0.39 is 24.2 Å². The van der Waals surface area contributed by atoms with Crippen molar-refractivity contribution in [1.82, 2.24) is 20.1 Å². The number of amides is 1. The number of hydrogen-bond donors (Lipinski definition) is 2. The Hall–Kier alpha value is -2.40. The maximum absolute atomic E-state index is 13.7. The molecule has 0 saturated heterocycles. The lowest BCUT2D eigenvalue weighted by Crippen LogP contribution is -2.35. The number of thiophene rings is 1. The van der Waals surface area contributed by atoms with Crippen LogP contribution in [0.5, 0.6) is 0 Å². The van der Waals surface area contributed by atoms with Crippen LogP contribution in [0.1, 0.15) is 39.4 Å². The molecule has 0 spiro atoms. The van der Waals surface area contributed by atoms with Gasteiger partial charge in [-0.1, -0.05) is 12.1 Å². The lowest BCUT2D eigenvalue weighted by molar-refractivity contribution is -0.173. The lowest BCUT2D eigenvalue weighted by Gasteiger charge is -2.33. The summed E-state index contributed by atoms with van der Waals surface area (Å²) in [6, 6.07) is 4.75. The Morgan fingerprint density at radius 3 is 2.86 bits per heavy atom. The molecule has 0 saturated carbocycles. The number of alkyl halides is 3. The Balaban J connectivity index is 1.63. The molecule has 3 aromatic rings. The van der Waals surface area contributed by atoms with Gasteiger partial charge in [-0.2, -0.15) is 18.3 Å². The van der Waals surface area contributed by atoms with Crippen molar-refractivity contribution in [2.75, 3.05) is 5.32 Å². The summed E-state index contributed by atoms with van der Waals surface area (Å²) in [7, 11) is 0. The Morgan fingerprint density at radius 2 is 2.21 bits per heavy atom. The second-order valence-corrected chi connectivity index (χ2v) is 8.28. The van der Waals surface area contributed by atoms with Crippen molar-refractivity contribution in [3.05, 3.63) is 62.6 Å². The number of pyridine rings is 1. The molecule has 4 heterocycles. The number of nitrogens with one attached hydrogen (secondary N) is 2. The average molecular weight is 486 g/mol. The molecule has 1 aliphatic rings. The van der Waals surface area contributed by atoms with Crippen molar-refractivity contribution in [3.8, 4) is 0 Å². The Bertz CT molecular complexity index is 1010. The molecule has 1 amide bonds. The zero-order chi connectivity index (χ0) is 20.6. The number of halogens is 4. The smallest absolute Gasteiger partial charge is 0.362 e. The molecule has 0 aromatic carbocycles. The summed E-state index contributed by atoms with van der Waals surface area (Å²) in [5.74, 6) is -0.429. The molecule has 4 rings (SSSR count). The molecule has 152 valence electrons. The maximum Gasteiger partial charge on any atom is 0.410 e. The van der Waals surface area contributed by atoms with Crippen LogP contribution < -0.4 is 10.6 Å². The minimum absolute atomic E-state index is 0.0996. The van der Waals surface area contributed by atoms with Gasteiger partial charge in [-0.05, 0) is 39.0 Å². The maximum atomic E-state index is 13.7. The third-order valence-electron chi connectivity index (χ3n) is 4.57. The van der Waals surface area contributed by atoms with Gasteiger partial charge in [-0.3, -0.25) is 9.78 Å². The Morgan fingerprint density at radius 1 is 1.38 bits per heavy atom. The topological polar surface area (TPSA) is 71.8 Å². The summed E-state index contributed by atoms with van der Waals surface area (Å²) in [5, 5.41) is 11.6. The van der Waals surface area contributed by atoms with Crippen LogP contribution in [0.25, 0.3) is 0 Å². The summed E-state index contributed by atoms with van der Waals surface area (Å²) in [4.78, 5) is 17.3. The minimum Gasteiger partial charge on any atom is -0.362 e. The van der Waals surface area contributed by atoms with Gasteiger partial charge in [0, 0.05) is 30.2 Å². The Labute approximate surface area is 176 Å². The first-order chi connectivity index (χ1) is 13.8. The SMILES string of the molecule is O=C(NCc1cccnc1)c1nn2c(c1Br)N[C@@H](c1cccs1)C[C@@H]2C(F)(F)F. The average Bonchev–Trinajstić information content (AvgIpc) is 3.34. The van der Waals surface area contributed by atoms with E-state index in [2.05, 4.69) is 36.6 Å². The van der Waals surface area contributed by atoms with E-state index in [1.165, 1.54) is 11.3 Å². The van der Waals surface area contributed by atoms with Gasteiger partial charge in [0.15, 0.2) is 11.7 Å². The molecule has 0 unspecified atom stereocenters. The van der Waals surface area contributed by atoms with Crippen molar-refractivity contribution in [2.24, 2.45) is 0 Å². The number of carbonyl (C=O) groups is 1. The summed E-state index contributed by atoms with van der Waals surface area (Å²) >= 11 is 4.65. The highest BCUT2D eigenvalue weighted by molar-refractivity contribution is 9.10. The van der Waals surface area contributed by atoms with Gasteiger partial charge in [-0.15, -0.1) is 11.3 Å². The van der Waals surface area contributed by atoms with Crippen molar-refractivity contribution in [1.29, 1.82) is 0 Å². The molecule has 0 bridgehead atoms. The molecule has 2 atom stereocenters. The van der Waals surface area contributed by atoms with Crippen LogP contribution in [-0.4, -0.2) is 26.8 Å². The molecule has 29 heavy (non-hydrogen) atoms. The van der Waals surface area contributed by atoms with Crippen molar-refractivity contribution in [2.45, 2.75) is 31.2 Å². The molecule has 6 nitrogen and oxygen atoms in total. The van der Waals surface area contributed by atoms with E-state index in [1.807, 2.05) is 5.38 Å². The first-order valence-corrected chi connectivity index (χ1v) is 10.3. The fourth-order valence-electron chi connectivity index (χ4n) is 3.18. The van der Waals surface area contributed by atoms with Gasteiger partial charge in [-0.25, -0.2) is 4.68 Å². The molecule has 0 fully saturated rings. The number of hydrogen-bond acceptors (Lipinski definition) is 5. The zero-order valence-electron chi connectivity index (χ0n) is 14.8. The standard InChI is InChI=1S/C18H15BrF3N5OS/c19-14-15(17(28)24-9-10-3-1-5-23-8-10)26-27-13(18(20,21)22)7-11(25-16(14)27)12-4-2-6-29-12/h1-6,8,11,13,25H,7,9H2,(H,24,28)/t11-,13-/m1/s1. The number of nitrogens with zero attached hydrogens (tertiary/aromatic N) is 3. The van der Waals surface area contributed by atoms with Crippen LogP contribution >= 0.6 is 27.3 Å². The van der Waals surface area contributed by atoms with Crippen LogP contribution in [0.3, 0.4) is 0 Å². The third-order valence-corrected chi connectivity index (χ3v) is 6.31. The molecule has 1 aliphatic heterocycles. The molecule has 0 radical (unpaired) electrons. The van der Waals surface area contributed by atoms with E-state index in [9.17, 15) is 18.0 Å². The summed E-state index contributed by atoms with van der Waals surface area (Å²) in [6.45, 7) is 0.190. The number of carbonyl (C=O) groups excluding carboxylic acids is 1. The largest absolute Gasteiger partial charge is 0.410 e. The van der Waals surface area contributed by atoms with Gasteiger partial charge in [0.25, 0.3) is 5.91 Å². The quantitative estimate of drug-likeness (QED) is 0.562. The molecule has 0 aliphatic carbocycles. The van der Waals surface area contributed by atoms with E-state index in [4.69, 9.17) is 0 Å².